The van der Waals surface area contributed by atoms with Gasteiger partial charge < -0.3 is 5.32 Å². The Labute approximate surface area is 161 Å². The van der Waals surface area contributed by atoms with Crippen molar-refractivity contribution in [2.75, 3.05) is 6.54 Å². The topological polar surface area (TPSA) is 72.2 Å². The number of nitrogens with zero attached hydrogens (tertiary/aromatic N) is 1. The Morgan fingerprint density at radius 1 is 0.963 bits per heavy atom. The molecule has 0 aliphatic heterocycles. The fraction of sp³-hybridized carbons (Fsp3) is 0.0952. The van der Waals surface area contributed by atoms with Crippen LogP contribution in [0.25, 0.3) is 0 Å². The molecule has 0 spiro atoms. The summed E-state index contributed by atoms with van der Waals surface area (Å²) in [5, 5.41) is 13.8. The van der Waals surface area contributed by atoms with Gasteiger partial charge in [0, 0.05) is 24.6 Å². The maximum absolute atomic E-state index is 12.5. The average Bonchev–Trinajstić information content (AvgIpc) is 2.69. The number of non-ortho nitro benzene ring substituents is 1. The summed E-state index contributed by atoms with van der Waals surface area (Å²) in [5.41, 5.74) is 2.22. The van der Waals surface area contributed by atoms with E-state index in [-0.39, 0.29) is 28.1 Å². The van der Waals surface area contributed by atoms with Gasteiger partial charge in [-0.25, -0.2) is 0 Å². The van der Waals surface area contributed by atoms with Gasteiger partial charge in [-0.2, -0.15) is 0 Å². The zero-order chi connectivity index (χ0) is 19.2. The first kappa shape index (κ1) is 18.6. The molecule has 3 rings (SSSR count). The molecule has 3 aromatic carbocycles. The Hall–Kier alpha value is -3.18. The first-order valence-corrected chi connectivity index (χ1v) is 8.76. The molecule has 0 unspecified atom stereocenters. The number of benzene rings is 3. The van der Waals surface area contributed by atoms with E-state index in [1.54, 1.807) is 0 Å². The van der Waals surface area contributed by atoms with E-state index in [4.69, 9.17) is 11.6 Å². The fourth-order valence-corrected chi connectivity index (χ4v) is 3.15. The Kier molecular flexibility index (Phi) is 5.84. The second-order valence-electron chi connectivity index (χ2n) is 6.01. The fourth-order valence-electron chi connectivity index (χ4n) is 2.89. The second-order valence-corrected chi connectivity index (χ2v) is 6.41. The second kappa shape index (κ2) is 8.47. The van der Waals surface area contributed by atoms with E-state index < -0.39 is 4.92 Å². The number of carbonyl (C=O) groups excluding carboxylic acids is 1. The maximum Gasteiger partial charge on any atom is 0.270 e. The standard InChI is InChI=1S/C21H17ClN2O3/c22-20-13-17(24(26)27)11-12-18(20)21(25)23-14-19(15-7-3-1-4-8-15)16-9-5-2-6-10-16/h1-13,19H,14H2,(H,23,25). The lowest BCUT2D eigenvalue weighted by Crippen LogP contribution is -2.29. The lowest BCUT2D eigenvalue weighted by atomic mass is 9.91. The van der Waals surface area contributed by atoms with Gasteiger partial charge in [-0.1, -0.05) is 72.3 Å². The molecular weight excluding hydrogens is 364 g/mol. The number of amides is 1. The van der Waals surface area contributed by atoms with E-state index in [1.807, 2.05) is 60.7 Å². The summed E-state index contributed by atoms with van der Waals surface area (Å²) in [6.45, 7) is 0.375. The predicted molar refractivity (Wildman–Crippen MR) is 105 cm³/mol. The summed E-state index contributed by atoms with van der Waals surface area (Å²) in [6.07, 6.45) is 0. The van der Waals surface area contributed by atoms with Crippen LogP contribution in [0.4, 0.5) is 5.69 Å². The number of hydrogen-bond acceptors (Lipinski definition) is 3. The van der Waals surface area contributed by atoms with Crippen molar-refractivity contribution in [2.45, 2.75) is 5.92 Å². The molecule has 136 valence electrons. The number of carbonyl (C=O) groups is 1. The summed E-state index contributed by atoms with van der Waals surface area (Å²) >= 11 is 6.05. The molecule has 0 saturated carbocycles. The Morgan fingerprint density at radius 3 is 2.00 bits per heavy atom. The summed E-state index contributed by atoms with van der Waals surface area (Å²) in [4.78, 5) is 22.8. The van der Waals surface area contributed by atoms with E-state index >= 15 is 0 Å². The number of nitro benzene ring substituents is 1. The minimum atomic E-state index is -0.547. The van der Waals surface area contributed by atoms with E-state index in [1.165, 1.54) is 18.2 Å². The molecule has 0 radical (unpaired) electrons. The third-order valence-electron chi connectivity index (χ3n) is 4.28. The third-order valence-corrected chi connectivity index (χ3v) is 4.59. The van der Waals surface area contributed by atoms with Crippen molar-refractivity contribution in [2.24, 2.45) is 0 Å². The predicted octanol–water partition coefficient (Wildman–Crippen LogP) is 4.81. The molecule has 6 heteroatoms. The quantitative estimate of drug-likeness (QED) is 0.492. The first-order valence-electron chi connectivity index (χ1n) is 8.38. The van der Waals surface area contributed by atoms with Gasteiger partial charge in [0.25, 0.3) is 11.6 Å². The van der Waals surface area contributed by atoms with Gasteiger partial charge in [-0.3, -0.25) is 14.9 Å². The molecule has 0 aliphatic rings. The minimum Gasteiger partial charge on any atom is -0.351 e. The van der Waals surface area contributed by atoms with Crippen molar-refractivity contribution in [3.63, 3.8) is 0 Å². The zero-order valence-electron chi connectivity index (χ0n) is 14.3. The van der Waals surface area contributed by atoms with Crippen molar-refractivity contribution in [3.8, 4) is 0 Å². The van der Waals surface area contributed by atoms with Crippen molar-refractivity contribution < 1.29 is 9.72 Å². The molecule has 0 saturated heterocycles. The number of nitro groups is 1. The van der Waals surface area contributed by atoms with Crippen LogP contribution in [0.5, 0.6) is 0 Å². The molecule has 27 heavy (non-hydrogen) atoms. The number of halogens is 1. The summed E-state index contributed by atoms with van der Waals surface area (Å²) in [7, 11) is 0. The van der Waals surface area contributed by atoms with Crippen LogP contribution in [0.1, 0.15) is 27.4 Å². The normalized spacial score (nSPS) is 10.6. The molecular formula is C21H17ClN2O3. The van der Waals surface area contributed by atoms with E-state index in [2.05, 4.69) is 5.32 Å². The molecule has 1 N–H and O–H groups in total. The van der Waals surface area contributed by atoms with E-state index in [0.29, 0.717) is 6.54 Å². The monoisotopic (exact) mass is 380 g/mol. The van der Waals surface area contributed by atoms with Crippen LogP contribution < -0.4 is 5.32 Å². The molecule has 0 heterocycles. The van der Waals surface area contributed by atoms with Gasteiger partial charge in [0.05, 0.1) is 15.5 Å². The molecule has 1 amide bonds. The SMILES string of the molecule is O=C(NCC(c1ccccc1)c1ccccc1)c1ccc([N+](=O)[O-])cc1Cl. The molecule has 0 atom stereocenters. The van der Waals surface area contributed by atoms with Crippen LogP contribution in [-0.2, 0) is 0 Å². The maximum atomic E-state index is 12.5. The lowest BCUT2D eigenvalue weighted by Gasteiger charge is -2.19. The largest absolute Gasteiger partial charge is 0.351 e. The number of rotatable bonds is 6. The summed E-state index contributed by atoms with van der Waals surface area (Å²) < 4.78 is 0. The Morgan fingerprint density at radius 2 is 1.52 bits per heavy atom. The molecule has 0 fully saturated rings. The van der Waals surface area contributed by atoms with Crippen LogP contribution in [0, 0.1) is 10.1 Å². The lowest BCUT2D eigenvalue weighted by molar-refractivity contribution is -0.384. The minimum absolute atomic E-state index is 0.0202. The molecule has 3 aromatic rings. The van der Waals surface area contributed by atoms with Gasteiger partial charge in [-0.15, -0.1) is 0 Å². The molecule has 5 nitrogen and oxygen atoms in total. The molecule has 0 aliphatic carbocycles. The number of hydrogen-bond donors (Lipinski definition) is 1. The number of nitrogens with one attached hydrogen (secondary N) is 1. The summed E-state index contributed by atoms with van der Waals surface area (Å²) in [6, 6.07) is 23.6. The molecule has 0 bridgehead atoms. The van der Waals surface area contributed by atoms with Crippen molar-refractivity contribution >= 4 is 23.2 Å². The van der Waals surface area contributed by atoms with Gasteiger partial charge in [0.1, 0.15) is 0 Å². The van der Waals surface area contributed by atoms with Crippen LogP contribution in [0.15, 0.2) is 78.9 Å². The zero-order valence-corrected chi connectivity index (χ0v) is 15.1. The van der Waals surface area contributed by atoms with Crippen LogP contribution in [0.2, 0.25) is 5.02 Å². The third kappa shape index (κ3) is 4.51. The summed E-state index contributed by atoms with van der Waals surface area (Å²) in [5.74, 6) is -0.389. The van der Waals surface area contributed by atoms with Gasteiger partial charge in [0.15, 0.2) is 0 Å². The van der Waals surface area contributed by atoms with Crippen LogP contribution >= 0.6 is 11.6 Å². The van der Waals surface area contributed by atoms with Crippen LogP contribution in [-0.4, -0.2) is 17.4 Å². The van der Waals surface area contributed by atoms with Crippen molar-refractivity contribution in [1.82, 2.24) is 5.32 Å². The highest BCUT2D eigenvalue weighted by atomic mass is 35.5. The first-order chi connectivity index (χ1) is 13.1. The van der Waals surface area contributed by atoms with Crippen LogP contribution in [0.3, 0.4) is 0 Å². The van der Waals surface area contributed by atoms with E-state index in [0.717, 1.165) is 11.1 Å². The van der Waals surface area contributed by atoms with Gasteiger partial charge in [-0.05, 0) is 17.2 Å². The highest BCUT2D eigenvalue weighted by molar-refractivity contribution is 6.34. The van der Waals surface area contributed by atoms with Crippen molar-refractivity contribution in [3.05, 3.63) is 111 Å². The smallest absolute Gasteiger partial charge is 0.270 e. The average molecular weight is 381 g/mol. The van der Waals surface area contributed by atoms with Crippen molar-refractivity contribution in [1.29, 1.82) is 0 Å². The Balaban J connectivity index is 1.80. The highest BCUT2D eigenvalue weighted by Gasteiger charge is 2.18. The van der Waals surface area contributed by atoms with E-state index in [9.17, 15) is 14.9 Å². The highest BCUT2D eigenvalue weighted by Crippen LogP contribution is 2.25. The van der Waals surface area contributed by atoms with Gasteiger partial charge in [0.2, 0.25) is 0 Å². The molecule has 0 aromatic heterocycles. The van der Waals surface area contributed by atoms with Gasteiger partial charge >= 0.3 is 0 Å². The Bertz CT molecular complexity index is 907.